The quantitative estimate of drug-likeness (QED) is 0.877. The highest BCUT2D eigenvalue weighted by Gasteiger charge is 2.13. The number of aryl methyl sites for hydroxylation is 1. The van der Waals surface area contributed by atoms with Crippen LogP contribution in [-0.2, 0) is 6.42 Å². The van der Waals surface area contributed by atoms with Gasteiger partial charge in [-0.05, 0) is 54.8 Å². The minimum absolute atomic E-state index is 0.0351. The zero-order chi connectivity index (χ0) is 14.8. The summed E-state index contributed by atoms with van der Waals surface area (Å²) in [6.45, 7) is 0.961. The summed E-state index contributed by atoms with van der Waals surface area (Å²) in [5.74, 6) is -0.811. The summed E-state index contributed by atoms with van der Waals surface area (Å²) in [6.07, 6.45) is 2.01. The van der Waals surface area contributed by atoms with Gasteiger partial charge in [0.2, 0.25) is 0 Å². The molecule has 21 heavy (non-hydrogen) atoms. The number of anilines is 2. The van der Waals surface area contributed by atoms with Gasteiger partial charge in [-0.2, -0.15) is 0 Å². The number of halogens is 2. The summed E-state index contributed by atoms with van der Waals surface area (Å²) < 4.78 is 13.4. The molecule has 108 valence electrons. The Morgan fingerprint density at radius 1 is 1.24 bits per heavy atom. The van der Waals surface area contributed by atoms with Gasteiger partial charge in [0, 0.05) is 23.5 Å². The van der Waals surface area contributed by atoms with Crippen molar-refractivity contribution in [2.45, 2.75) is 12.8 Å². The van der Waals surface area contributed by atoms with Crippen molar-refractivity contribution in [1.29, 1.82) is 0 Å². The molecule has 5 heteroatoms. The van der Waals surface area contributed by atoms with Crippen molar-refractivity contribution in [3.8, 4) is 0 Å². The molecular formula is C16H14ClFN2O. The number of hydrogen-bond donors (Lipinski definition) is 2. The monoisotopic (exact) mass is 304 g/mol. The first-order chi connectivity index (χ1) is 10.1. The van der Waals surface area contributed by atoms with Crippen molar-refractivity contribution >= 4 is 28.9 Å². The van der Waals surface area contributed by atoms with E-state index in [4.69, 9.17) is 11.6 Å². The molecule has 0 bridgehead atoms. The van der Waals surface area contributed by atoms with Gasteiger partial charge in [-0.25, -0.2) is 4.39 Å². The average molecular weight is 305 g/mol. The highest BCUT2D eigenvalue weighted by atomic mass is 35.5. The lowest BCUT2D eigenvalue weighted by atomic mass is 10.0. The molecule has 3 nitrogen and oxygen atoms in total. The van der Waals surface area contributed by atoms with Crippen LogP contribution in [0.1, 0.15) is 22.3 Å². The van der Waals surface area contributed by atoms with Crippen LogP contribution in [0, 0.1) is 5.82 Å². The van der Waals surface area contributed by atoms with Gasteiger partial charge in [0.05, 0.1) is 5.02 Å². The lowest BCUT2D eigenvalue weighted by Crippen LogP contribution is -2.15. The number of nitrogens with one attached hydrogen (secondary N) is 2. The Bertz CT molecular complexity index is 703. The molecule has 0 aromatic heterocycles. The van der Waals surface area contributed by atoms with Gasteiger partial charge in [0.25, 0.3) is 5.91 Å². The topological polar surface area (TPSA) is 41.1 Å². The standard InChI is InChI=1S/C16H14ClFN2O/c17-13-5-4-12(9-14(13)18)20-16(21)11-3-6-15-10(8-11)2-1-7-19-15/h3-6,8-9,19H,1-2,7H2,(H,20,21). The summed E-state index contributed by atoms with van der Waals surface area (Å²) in [5, 5.41) is 6.01. The van der Waals surface area contributed by atoms with Crippen LogP contribution >= 0.6 is 11.6 Å². The van der Waals surface area contributed by atoms with E-state index >= 15 is 0 Å². The number of carbonyl (C=O) groups excluding carboxylic acids is 1. The van der Waals surface area contributed by atoms with Crippen molar-refractivity contribution in [3.63, 3.8) is 0 Å². The van der Waals surface area contributed by atoms with Crippen LogP contribution in [0.15, 0.2) is 36.4 Å². The van der Waals surface area contributed by atoms with Gasteiger partial charge in [-0.15, -0.1) is 0 Å². The molecule has 0 saturated carbocycles. The van der Waals surface area contributed by atoms with E-state index < -0.39 is 5.82 Å². The number of rotatable bonds is 2. The smallest absolute Gasteiger partial charge is 0.255 e. The summed E-state index contributed by atoms with van der Waals surface area (Å²) in [7, 11) is 0. The summed E-state index contributed by atoms with van der Waals surface area (Å²) >= 11 is 5.62. The second kappa shape index (κ2) is 5.74. The Hall–Kier alpha value is -2.07. The van der Waals surface area contributed by atoms with E-state index in [1.807, 2.05) is 12.1 Å². The molecule has 0 radical (unpaired) electrons. The Morgan fingerprint density at radius 3 is 2.90 bits per heavy atom. The third-order valence-electron chi connectivity index (χ3n) is 3.48. The first kappa shape index (κ1) is 13.9. The molecule has 1 amide bonds. The first-order valence-corrected chi connectivity index (χ1v) is 7.14. The zero-order valence-electron chi connectivity index (χ0n) is 11.2. The lowest BCUT2D eigenvalue weighted by Gasteiger charge is -2.18. The van der Waals surface area contributed by atoms with E-state index in [2.05, 4.69) is 10.6 Å². The Balaban J connectivity index is 1.80. The van der Waals surface area contributed by atoms with Gasteiger partial charge in [0.1, 0.15) is 5.82 Å². The van der Waals surface area contributed by atoms with Crippen LogP contribution in [0.25, 0.3) is 0 Å². The van der Waals surface area contributed by atoms with E-state index in [0.717, 1.165) is 30.6 Å². The maximum Gasteiger partial charge on any atom is 0.255 e. The lowest BCUT2D eigenvalue weighted by molar-refractivity contribution is 0.102. The van der Waals surface area contributed by atoms with Crippen LogP contribution in [0.5, 0.6) is 0 Å². The molecule has 0 aliphatic carbocycles. The van der Waals surface area contributed by atoms with Crippen molar-refractivity contribution in [1.82, 2.24) is 0 Å². The number of carbonyl (C=O) groups is 1. The van der Waals surface area contributed by atoms with Crippen LogP contribution in [0.3, 0.4) is 0 Å². The van der Waals surface area contributed by atoms with Gasteiger partial charge >= 0.3 is 0 Å². The van der Waals surface area contributed by atoms with Crippen molar-refractivity contribution < 1.29 is 9.18 Å². The minimum Gasteiger partial charge on any atom is -0.385 e. The van der Waals surface area contributed by atoms with Crippen LogP contribution < -0.4 is 10.6 Å². The third kappa shape index (κ3) is 3.00. The molecule has 0 atom stereocenters. The summed E-state index contributed by atoms with van der Waals surface area (Å²) in [5.41, 5.74) is 3.16. The highest BCUT2D eigenvalue weighted by molar-refractivity contribution is 6.30. The fourth-order valence-corrected chi connectivity index (χ4v) is 2.51. The molecule has 1 heterocycles. The number of hydrogen-bond acceptors (Lipinski definition) is 2. The molecule has 0 unspecified atom stereocenters. The van der Waals surface area contributed by atoms with E-state index in [1.54, 1.807) is 12.1 Å². The predicted octanol–water partition coefficient (Wildman–Crippen LogP) is 4.09. The third-order valence-corrected chi connectivity index (χ3v) is 3.79. The van der Waals surface area contributed by atoms with Crippen LogP contribution in [0.2, 0.25) is 5.02 Å². The first-order valence-electron chi connectivity index (χ1n) is 6.77. The molecule has 2 N–H and O–H groups in total. The maximum absolute atomic E-state index is 13.4. The van der Waals surface area contributed by atoms with Crippen molar-refractivity contribution in [2.75, 3.05) is 17.2 Å². The average Bonchev–Trinajstić information content (AvgIpc) is 2.50. The maximum atomic E-state index is 13.4. The SMILES string of the molecule is O=C(Nc1ccc(Cl)c(F)c1)c1ccc2c(c1)CCCN2. The second-order valence-electron chi connectivity index (χ2n) is 4.99. The number of fused-ring (bicyclic) bond motifs is 1. The summed E-state index contributed by atoms with van der Waals surface area (Å²) in [6, 6.07) is 9.75. The largest absolute Gasteiger partial charge is 0.385 e. The van der Waals surface area contributed by atoms with Gasteiger partial charge in [-0.1, -0.05) is 11.6 Å². The van der Waals surface area contributed by atoms with E-state index in [0.29, 0.717) is 11.3 Å². The molecule has 0 fully saturated rings. The number of amides is 1. The fourth-order valence-electron chi connectivity index (χ4n) is 2.39. The molecule has 0 spiro atoms. The zero-order valence-corrected chi connectivity index (χ0v) is 12.0. The van der Waals surface area contributed by atoms with Crippen molar-refractivity contribution in [2.24, 2.45) is 0 Å². The van der Waals surface area contributed by atoms with E-state index in [-0.39, 0.29) is 10.9 Å². The minimum atomic E-state index is -0.552. The molecule has 1 aliphatic heterocycles. The number of benzene rings is 2. The Labute approximate surface area is 127 Å². The molecule has 1 aliphatic rings. The van der Waals surface area contributed by atoms with Crippen molar-refractivity contribution in [3.05, 3.63) is 58.4 Å². The molecule has 0 saturated heterocycles. The Kier molecular flexibility index (Phi) is 3.80. The molecule has 2 aromatic carbocycles. The summed E-state index contributed by atoms with van der Waals surface area (Å²) in [4.78, 5) is 12.2. The molecule has 3 rings (SSSR count). The molecule has 2 aromatic rings. The van der Waals surface area contributed by atoms with Crippen LogP contribution in [0.4, 0.5) is 15.8 Å². The van der Waals surface area contributed by atoms with Crippen LogP contribution in [-0.4, -0.2) is 12.5 Å². The predicted molar refractivity (Wildman–Crippen MR) is 82.6 cm³/mol. The normalized spacial score (nSPS) is 13.2. The van der Waals surface area contributed by atoms with E-state index in [1.165, 1.54) is 12.1 Å². The highest BCUT2D eigenvalue weighted by Crippen LogP contribution is 2.24. The second-order valence-corrected chi connectivity index (χ2v) is 5.39. The van der Waals surface area contributed by atoms with Gasteiger partial charge in [-0.3, -0.25) is 4.79 Å². The van der Waals surface area contributed by atoms with Gasteiger partial charge in [0.15, 0.2) is 0 Å². The Morgan fingerprint density at radius 2 is 2.10 bits per heavy atom. The molecular weight excluding hydrogens is 291 g/mol. The van der Waals surface area contributed by atoms with Gasteiger partial charge < -0.3 is 10.6 Å². The van der Waals surface area contributed by atoms with E-state index in [9.17, 15) is 9.18 Å². The fraction of sp³-hybridized carbons (Fsp3) is 0.188.